The van der Waals surface area contributed by atoms with Gasteiger partial charge in [-0.3, -0.25) is 0 Å². The topological polar surface area (TPSA) is 37.8 Å². The first kappa shape index (κ1) is 12.4. The van der Waals surface area contributed by atoms with E-state index in [1.54, 1.807) is 19.1 Å². The van der Waals surface area contributed by atoms with E-state index in [1.165, 1.54) is 6.07 Å². The van der Waals surface area contributed by atoms with Crippen LogP contribution < -0.4 is 5.32 Å². The second-order valence-electron chi connectivity index (χ2n) is 4.71. The predicted molar refractivity (Wildman–Crippen MR) is 73.5 cm³/mol. The number of nitrogens with one attached hydrogen (secondary N) is 1. The molecule has 0 fully saturated rings. The zero-order valence-corrected chi connectivity index (χ0v) is 11.3. The molecule has 1 aliphatic rings. The molecule has 1 N–H and O–H groups in total. The second-order valence-corrected chi connectivity index (χ2v) is 5.06. The van der Waals surface area contributed by atoms with Gasteiger partial charge in [-0.2, -0.15) is 0 Å². The molecule has 0 bridgehead atoms. The van der Waals surface area contributed by atoms with Crippen LogP contribution in [-0.4, -0.2) is 9.97 Å². The SMILES string of the molecule is Cc1cc(Nc2nc(Cl)c3c(n2)CCC3)ccc1F. The van der Waals surface area contributed by atoms with Gasteiger partial charge >= 0.3 is 0 Å². The van der Waals surface area contributed by atoms with E-state index in [1.807, 2.05) is 0 Å². The van der Waals surface area contributed by atoms with Crippen LogP contribution in [0.15, 0.2) is 18.2 Å². The van der Waals surface area contributed by atoms with Crippen molar-refractivity contribution in [2.45, 2.75) is 26.2 Å². The van der Waals surface area contributed by atoms with Gasteiger partial charge in [0.1, 0.15) is 11.0 Å². The van der Waals surface area contributed by atoms with E-state index in [2.05, 4.69) is 15.3 Å². The number of nitrogens with zero attached hydrogens (tertiary/aromatic N) is 2. The van der Waals surface area contributed by atoms with Crippen LogP contribution in [0.4, 0.5) is 16.0 Å². The van der Waals surface area contributed by atoms with Crippen molar-refractivity contribution in [1.82, 2.24) is 9.97 Å². The quantitative estimate of drug-likeness (QED) is 0.848. The van der Waals surface area contributed by atoms with Crippen molar-refractivity contribution in [1.29, 1.82) is 0 Å². The minimum Gasteiger partial charge on any atom is -0.324 e. The molecule has 3 rings (SSSR count). The molecule has 0 radical (unpaired) electrons. The largest absolute Gasteiger partial charge is 0.324 e. The lowest BCUT2D eigenvalue weighted by atomic mass is 10.2. The molecule has 0 amide bonds. The van der Waals surface area contributed by atoms with E-state index in [0.29, 0.717) is 16.7 Å². The average molecular weight is 278 g/mol. The summed E-state index contributed by atoms with van der Waals surface area (Å²) in [4.78, 5) is 8.70. The number of rotatable bonds is 2. The summed E-state index contributed by atoms with van der Waals surface area (Å²) in [6, 6.07) is 4.80. The van der Waals surface area contributed by atoms with Crippen LogP contribution >= 0.6 is 11.6 Å². The molecule has 1 aliphatic carbocycles. The number of hydrogen-bond donors (Lipinski definition) is 1. The van der Waals surface area contributed by atoms with Gasteiger partial charge in [-0.05, 0) is 49.9 Å². The molecule has 0 spiro atoms. The molecular formula is C14H13ClFN3. The number of halogens is 2. The first-order valence-corrected chi connectivity index (χ1v) is 6.60. The number of fused-ring (bicyclic) bond motifs is 1. The summed E-state index contributed by atoms with van der Waals surface area (Å²) in [5.41, 5.74) is 3.41. The third-order valence-electron chi connectivity index (χ3n) is 3.30. The van der Waals surface area contributed by atoms with Crippen LogP contribution in [0.2, 0.25) is 5.15 Å². The Hall–Kier alpha value is -1.68. The lowest BCUT2D eigenvalue weighted by molar-refractivity contribution is 0.619. The Morgan fingerprint density at radius 3 is 2.89 bits per heavy atom. The van der Waals surface area contributed by atoms with Crippen molar-refractivity contribution in [2.75, 3.05) is 5.32 Å². The van der Waals surface area contributed by atoms with E-state index < -0.39 is 0 Å². The number of anilines is 2. The van der Waals surface area contributed by atoms with Gasteiger partial charge in [-0.25, -0.2) is 14.4 Å². The first-order valence-electron chi connectivity index (χ1n) is 6.22. The van der Waals surface area contributed by atoms with Crippen LogP contribution in [0.5, 0.6) is 0 Å². The molecule has 0 aliphatic heterocycles. The molecule has 1 heterocycles. The van der Waals surface area contributed by atoms with E-state index in [0.717, 1.165) is 36.2 Å². The second kappa shape index (κ2) is 4.78. The summed E-state index contributed by atoms with van der Waals surface area (Å²) in [5.74, 6) is 0.245. The highest BCUT2D eigenvalue weighted by Crippen LogP contribution is 2.28. The molecule has 2 aromatic rings. The molecule has 0 saturated carbocycles. The summed E-state index contributed by atoms with van der Waals surface area (Å²) in [7, 11) is 0. The van der Waals surface area contributed by atoms with E-state index in [4.69, 9.17) is 11.6 Å². The smallest absolute Gasteiger partial charge is 0.228 e. The summed E-state index contributed by atoms with van der Waals surface area (Å²) in [5, 5.41) is 3.59. The monoisotopic (exact) mass is 277 g/mol. The normalized spacial score (nSPS) is 13.4. The Bertz CT molecular complexity index is 643. The Balaban J connectivity index is 1.91. The average Bonchev–Trinajstić information content (AvgIpc) is 2.82. The lowest BCUT2D eigenvalue weighted by Crippen LogP contribution is -2.02. The van der Waals surface area contributed by atoms with Crippen LogP contribution in [0.1, 0.15) is 23.2 Å². The molecule has 1 aromatic carbocycles. The number of aryl methyl sites for hydroxylation is 2. The van der Waals surface area contributed by atoms with Crippen molar-refractivity contribution in [3.8, 4) is 0 Å². The Morgan fingerprint density at radius 2 is 2.11 bits per heavy atom. The Morgan fingerprint density at radius 1 is 1.26 bits per heavy atom. The third-order valence-corrected chi connectivity index (χ3v) is 3.61. The van der Waals surface area contributed by atoms with Crippen LogP contribution in [0.25, 0.3) is 0 Å². The number of aromatic nitrogens is 2. The van der Waals surface area contributed by atoms with Gasteiger partial charge in [0.15, 0.2) is 0 Å². The summed E-state index contributed by atoms with van der Waals surface area (Å²) >= 11 is 6.15. The Kier molecular flexibility index (Phi) is 3.11. The maximum absolute atomic E-state index is 13.2. The van der Waals surface area contributed by atoms with E-state index >= 15 is 0 Å². The van der Waals surface area contributed by atoms with Crippen LogP contribution in [0, 0.1) is 12.7 Å². The van der Waals surface area contributed by atoms with Gasteiger partial charge in [-0.1, -0.05) is 11.6 Å². The minimum atomic E-state index is -0.224. The van der Waals surface area contributed by atoms with Crippen molar-refractivity contribution in [2.24, 2.45) is 0 Å². The fourth-order valence-electron chi connectivity index (χ4n) is 2.29. The summed E-state index contributed by atoms with van der Waals surface area (Å²) < 4.78 is 13.2. The maximum atomic E-state index is 13.2. The molecule has 0 unspecified atom stereocenters. The minimum absolute atomic E-state index is 0.224. The highest BCUT2D eigenvalue weighted by molar-refractivity contribution is 6.30. The van der Waals surface area contributed by atoms with Crippen molar-refractivity contribution in [3.05, 3.63) is 46.0 Å². The fraction of sp³-hybridized carbons (Fsp3) is 0.286. The van der Waals surface area contributed by atoms with Crippen LogP contribution in [-0.2, 0) is 12.8 Å². The Labute approximate surface area is 115 Å². The van der Waals surface area contributed by atoms with E-state index in [9.17, 15) is 4.39 Å². The molecular weight excluding hydrogens is 265 g/mol. The summed E-state index contributed by atoms with van der Waals surface area (Å²) in [6.45, 7) is 1.72. The van der Waals surface area contributed by atoms with Gasteiger partial charge in [-0.15, -0.1) is 0 Å². The molecule has 98 valence electrons. The van der Waals surface area contributed by atoms with Crippen molar-refractivity contribution in [3.63, 3.8) is 0 Å². The molecule has 0 atom stereocenters. The number of hydrogen-bond acceptors (Lipinski definition) is 3. The van der Waals surface area contributed by atoms with Crippen molar-refractivity contribution < 1.29 is 4.39 Å². The standard InChI is InChI=1S/C14H13ClFN3/c1-8-7-9(5-6-11(8)16)17-14-18-12-4-2-3-10(12)13(15)19-14/h5-7H,2-4H2,1H3,(H,17,18,19). The fourth-order valence-corrected chi connectivity index (χ4v) is 2.58. The third kappa shape index (κ3) is 2.40. The summed E-state index contributed by atoms with van der Waals surface area (Å²) in [6.07, 6.45) is 2.96. The lowest BCUT2D eigenvalue weighted by Gasteiger charge is -2.08. The zero-order valence-electron chi connectivity index (χ0n) is 10.5. The molecule has 0 saturated heterocycles. The highest BCUT2D eigenvalue weighted by Gasteiger charge is 2.18. The van der Waals surface area contributed by atoms with E-state index in [-0.39, 0.29) is 5.82 Å². The van der Waals surface area contributed by atoms with Crippen molar-refractivity contribution >= 4 is 23.2 Å². The molecule has 5 heteroatoms. The van der Waals surface area contributed by atoms with Crippen LogP contribution in [0.3, 0.4) is 0 Å². The zero-order chi connectivity index (χ0) is 13.4. The highest BCUT2D eigenvalue weighted by atomic mass is 35.5. The molecule has 3 nitrogen and oxygen atoms in total. The molecule has 1 aromatic heterocycles. The maximum Gasteiger partial charge on any atom is 0.228 e. The first-order chi connectivity index (χ1) is 9.13. The van der Waals surface area contributed by atoms with Gasteiger partial charge in [0.05, 0.1) is 5.69 Å². The molecule has 19 heavy (non-hydrogen) atoms. The van der Waals surface area contributed by atoms with Gasteiger partial charge in [0, 0.05) is 11.3 Å². The number of benzene rings is 1. The van der Waals surface area contributed by atoms with Gasteiger partial charge < -0.3 is 5.32 Å². The predicted octanol–water partition coefficient (Wildman–Crippen LogP) is 3.81. The van der Waals surface area contributed by atoms with Gasteiger partial charge in [0.2, 0.25) is 5.95 Å². The van der Waals surface area contributed by atoms with Gasteiger partial charge in [0.25, 0.3) is 0 Å².